The number of carbonyl (C=O) groups is 1. The molecule has 0 radical (unpaired) electrons. The molecule has 1 amide bonds. The van der Waals surface area contributed by atoms with Crippen LogP contribution in [0, 0.1) is 19.8 Å². The first kappa shape index (κ1) is 20.8. The largest absolute Gasteiger partial charge is 0.353 e. The summed E-state index contributed by atoms with van der Waals surface area (Å²) in [6.07, 6.45) is 2.37. The van der Waals surface area contributed by atoms with Gasteiger partial charge in [-0.25, -0.2) is 4.57 Å². The standard InChI is InChI=1S/C24H25N5O2S/c1-14-7-6-8-15(2)21(14)29-22(31)18-9-4-5-10-19(18)28-23(29)26-27-24(28)32-13-20(30)25-16(3)17-11-12-17/h4-10,16-17H,11-13H2,1-3H3,(H,25,30). The van der Waals surface area contributed by atoms with Crippen molar-refractivity contribution in [2.75, 3.05) is 5.75 Å². The van der Waals surface area contributed by atoms with Crippen LogP contribution >= 0.6 is 11.8 Å². The van der Waals surface area contributed by atoms with Gasteiger partial charge < -0.3 is 5.32 Å². The average Bonchev–Trinajstić information content (AvgIpc) is 3.54. The van der Waals surface area contributed by atoms with Gasteiger partial charge in [-0.15, -0.1) is 10.2 Å². The zero-order chi connectivity index (χ0) is 22.4. The molecule has 1 fully saturated rings. The van der Waals surface area contributed by atoms with Gasteiger partial charge in [0.15, 0.2) is 5.16 Å². The Morgan fingerprint density at radius 2 is 1.84 bits per heavy atom. The van der Waals surface area contributed by atoms with E-state index in [2.05, 4.69) is 22.4 Å². The molecule has 0 aliphatic heterocycles. The van der Waals surface area contributed by atoms with Crippen LogP contribution in [0.1, 0.15) is 30.9 Å². The Balaban J connectivity index is 1.62. The predicted octanol–water partition coefficient (Wildman–Crippen LogP) is 3.66. The SMILES string of the molecule is Cc1cccc(C)c1-n1c(=O)c2ccccc2n2c(SCC(=O)NC(C)C3CC3)nnc12. The molecule has 0 saturated heterocycles. The zero-order valence-electron chi connectivity index (χ0n) is 18.3. The Bertz CT molecular complexity index is 1380. The fourth-order valence-corrected chi connectivity index (χ4v) is 5.02. The Hall–Kier alpha value is -3.13. The number of benzene rings is 2. The number of para-hydroxylation sites is 2. The van der Waals surface area contributed by atoms with Gasteiger partial charge in [0.05, 0.1) is 22.3 Å². The lowest BCUT2D eigenvalue weighted by molar-refractivity contribution is -0.119. The molecule has 8 heteroatoms. The first-order chi connectivity index (χ1) is 15.5. The van der Waals surface area contributed by atoms with E-state index in [0.29, 0.717) is 22.2 Å². The first-order valence-electron chi connectivity index (χ1n) is 10.8. The molecule has 0 bridgehead atoms. The zero-order valence-corrected chi connectivity index (χ0v) is 19.1. The molecule has 2 aromatic heterocycles. The number of aryl methyl sites for hydroxylation is 2. The Labute approximate surface area is 189 Å². The summed E-state index contributed by atoms with van der Waals surface area (Å²) in [5.74, 6) is 1.28. The van der Waals surface area contributed by atoms with Crippen LogP contribution in [-0.4, -0.2) is 36.9 Å². The lowest BCUT2D eigenvalue weighted by atomic mass is 10.1. The highest BCUT2D eigenvalue weighted by molar-refractivity contribution is 7.99. The first-order valence-corrected chi connectivity index (χ1v) is 11.8. The number of rotatable bonds is 6. The van der Waals surface area contributed by atoms with Crippen LogP contribution in [0.3, 0.4) is 0 Å². The van der Waals surface area contributed by atoms with E-state index in [1.54, 1.807) is 4.57 Å². The molecular weight excluding hydrogens is 422 g/mol. The molecule has 164 valence electrons. The van der Waals surface area contributed by atoms with Crippen molar-refractivity contribution in [2.24, 2.45) is 5.92 Å². The van der Waals surface area contributed by atoms with Gasteiger partial charge in [0.2, 0.25) is 11.7 Å². The van der Waals surface area contributed by atoms with Crippen LogP contribution in [0.4, 0.5) is 0 Å². The van der Waals surface area contributed by atoms with E-state index in [1.165, 1.54) is 24.6 Å². The topological polar surface area (TPSA) is 81.3 Å². The van der Waals surface area contributed by atoms with E-state index >= 15 is 0 Å². The van der Waals surface area contributed by atoms with Crippen molar-refractivity contribution in [1.29, 1.82) is 0 Å². The fraction of sp³-hybridized carbons (Fsp3) is 0.333. The second kappa shape index (κ2) is 8.09. The van der Waals surface area contributed by atoms with Crippen molar-refractivity contribution < 1.29 is 4.79 Å². The van der Waals surface area contributed by atoms with Gasteiger partial charge in [0, 0.05) is 6.04 Å². The summed E-state index contributed by atoms with van der Waals surface area (Å²) < 4.78 is 3.52. The summed E-state index contributed by atoms with van der Waals surface area (Å²) in [6, 6.07) is 13.6. The highest BCUT2D eigenvalue weighted by Crippen LogP contribution is 2.32. The van der Waals surface area contributed by atoms with E-state index in [9.17, 15) is 9.59 Å². The maximum Gasteiger partial charge on any atom is 0.267 e. The van der Waals surface area contributed by atoms with Crippen molar-refractivity contribution in [3.8, 4) is 5.69 Å². The number of hydrogen-bond donors (Lipinski definition) is 1. The second-order valence-electron chi connectivity index (χ2n) is 8.50. The van der Waals surface area contributed by atoms with Crippen molar-refractivity contribution >= 4 is 34.3 Å². The minimum atomic E-state index is -0.134. The van der Waals surface area contributed by atoms with Crippen molar-refractivity contribution in [2.45, 2.75) is 44.8 Å². The van der Waals surface area contributed by atoms with Crippen LogP contribution < -0.4 is 10.9 Å². The maximum absolute atomic E-state index is 13.5. The average molecular weight is 448 g/mol. The molecule has 0 spiro atoms. The molecule has 2 aromatic carbocycles. The molecule has 5 rings (SSSR count). The normalized spacial score (nSPS) is 14.7. The molecule has 1 unspecified atom stereocenters. The Kier molecular flexibility index (Phi) is 5.25. The van der Waals surface area contributed by atoms with E-state index in [-0.39, 0.29) is 23.3 Å². The monoisotopic (exact) mass is 447 g/mol. The second-order valence-corrected chi connectivity index (χ2v) is 9.44. The lowest BCUT2D eigenvalue weighted by Crippen LogP contribution is -2.35. The number of thioether (sulfide) groups is 1. The van der Waals surface area contributed by atoms with Gasteiger partial charge in [-0.3, -0.25) is 14.0 Å². The minimum Gasteiger partial charge on any atom is -0.353 e. The van der Waals surface area contributed by atoms with Gasteiger partial charge in [-0.1, -0.05) is 42.1 Å². The van der Waals surface area contributed by atoms with Gasteiger partial charge in [-0.05, 0) is 62.8 Å². The predicted molar refractivity (Wildman–Crippen MR) is 127 cm³/mol. The molecule has 7 nitrogen and oxygen atoms in total. The quantitative estimate of drug-likeness (QED) is 0.456. The van der Waals surface area contributed by atoms with Crippen LogP contribution in [0.2, 0.25) is 0 Å². The summed E-state index contributed by atoms with van der Waals surface area (Å²) >= 11 is 1.33. The van der Waals surface area contributed by atoms with Crippen LogP contribution in [-0.2, 0) is 4.79 Å². The Morgan fingerprint density at radius 1 is 1.12 bits per heavy atom. The molecule has 2 heterocycles. The number of aromatic nitrogens is 4. The third-order valence-electron chi connectivity index (χ3n) is 6.11. The summed E-state index contributed by atoms with van der Waals surface area (Å²) in [5.41, 5.74) is 3.37. The van der Waals surface area contributed by atoms with Gasteiger partial charge in [-0.2, -0.15) is 0 Å². The maximum atomic E-state index is 13.5. The molecule has 1 saturated carbocycles. The van der Waals surface area contributed by atoms with Gasteiger partial charge in [0.1, 0.15) is 0 Å². The summed E-state index contributed by atoms with van der Waals surface area (Å²) in [5, 5.41) is 13.0. The molecule has 32 heavy (non-hydrogen) atoms. The van der Waals surface area contributed by atoms with Crippen LogP contribution in [0.25, 0.3) is 22.4 Å². The van der Waals surface area contributed by atoms with E-state index in [0.717, 1.165) is 22.3 Å². The van der Waals surface area contributed by atoms with E-state index < -0.39 is 0 Å². The highest BCUT2D eigenvalue weighted by atomic mass is 32.2. The molecule has 1 aliphatic rings. The minimum absolute atomic E-state index is 0.0153. The van der Waals surface area contributed by atoms with Crippen molar-refractivity contribution in [3.63, 3.8) is 0 Å². The molecule has 1 N–H and O–H groups in total. The Morgan fingerprint density at radius 3 is 2.56 bits per heavy atom. The number of nitrogens with zero attached hydrogens (tertiary/aromatic N) is 4. The van der Waals surface area contributed by atoms with E-state index in [4.69, 9.17) is 0 Å². The summed E-state index contributed by atoms with van der Waals surface area (Å²) in [4.78, 5) is 26.0. The third kappa shape index (κ3) is 3.58. The molecule has 4 aromatic rings. The highest BCUT2D eigenvalue weighted by Gasteiger charge is 2.29. The number of fused-ring (bicyclic) bond motifs is 3. The number of amides is 1. The van der Waals surface area contributed by atoms with Crippen LogP contribution in [0.15, 0.2) is 52.4 Å². The molecule has 1 atom stereocenters. The van der Waals surface area contributed by atoms with Crippen molar-refractivity contribution in [1.82, 2.24) is 24.5 Å². The lowest BCUT2D eigenvalue weighted by Gasteiger charge is -2.15. The smallest absolute Gasteiger partial charge is 0.267 e. The van der Waals surface area contributed by atoms with Crippen LogP contribution in [0.5, 0.6) is 0 Å². The third-order valence-corrected chi connectivity index (χ3v) is 7.04. The number of hydrogen-bond acceptors (Lipinski definition) is 5. The van der Waals surface area contributed by atoms with Gasteiger partial charge >= 0.3 is 0 Å². The molecule has 1 aliphatic carbocycles. The summed E-state index contributed by atoms with van der Waals surface area (Å²) in [6.45, 7) is 6.03. The fourth-order valence-electron chi connectivity index (χ4n) is 4.27. The number of nitrogens with one attached hydrogen (secondary N) is 1. The van der Waals surface area contributed by atoms with Gasteiger partial charge in [0.25, 0.3) is 5.56 Å². The van der Waals surface area contributed by atoms with Crippen molar-refractivity contribution in [3.05, 3.63) is 63.9 Å². The summed E-state index contributed by atoms with van der Waals surface area (Å²) in [7, 11) is 0. The molecular formula is C24H25N5O2S. The number of carbonyl (C=O) groups excluding carboxylic acids is 1. The van der Waals surface area contributed by atoms with E-state index in [1.807, 2.05) is 60.7 Å².